The molecule has 0 atom stereocenters. The number of thioether (sulfide) groups is 1. The van der Waals surface area contributed by atoms with Crippen LogP contribution in [0.2, 0.25) is 0 Å². The predicted octanol–water partition coefficient (Wildman–Crippen LogP) is 3.16. The summed E-state index contributed by atoms with van der Waals surface area (Å²) >= 11 is 0.844. The minimum absolute atomic E-state index is 0.182. The van der Waals surface area contributed by atoms with Crippen molar-refractivity contribution in [2.75, 3.05) is 31.6 Å². The Morgan fingerprint density at radius 1 is 1.14 bits per heavy atom. The number of fused-ring (bicyclic) bond motifs is 1. The first-order chi connectivity index (χ1) is 17.8. The van der Waals surface area contributed by atoms with Crippen LogP contribution in [0.5, 0.6) is 5.75 Å². The Bertz CT molecular complexity index is 1500. The molecule has 0 aliphatic carbocycles. The molecule has 2 saturated heterocycles. The molecule has 0 bridgehead atoms. The molecule has 12 heteroatoms. The zero-order valence-electron chi connectivity index (χ0n) is 20.0. The van der Waals surface area contributed by atoms with Crippen LogP contribution < -0.4 is 19.7 Å². The highest BCUT2D eigenvalue weighted by atomic mass is 32.2. The van der Waals surface area contributed by atoms with Gasteiger partial charge in [0, 0.05) is 25.8 Å². The maximum Gasteiger partial charge on any atom is 0.290 e. The number of methoxy groups -OCH3 is 1. The summed E-state index contributed by atoms with van der Waals surface area (Å²) in [6.07, 6.45) is 4.74. The molecule has 2 aliphatic rings. The van der Waals surface area contributed by atoms with Crippen LogP contribution in [0.15, 0.2) is 58.5 Å². The van der Waals surface area contributed by atoms with Crippen molar-refractivity contribution < 1.29 is 22.7 Å². The molecule has 0 saturated carbocycles. The Labute approximate surface area is 218 Å². The van der Waals surface area contributed by atoms with E-state index in [4.69, 9.17) is 4.74 Å². The topological polar surface area (TPSA) is 131 Å². The second kappa shape index (κ2) is 10.5. The average molecular weight is 540 g/mol. The summed E-state index contributed by atoms with van der Waals surface area (Å²) in [5.74, 6) is 0.962. The summed E-state index contributed by atoms with van der Waals surface area (Å²) in [5.41, 5.74) is 0.542. The van der Waals surface area contributed by atoms with Crippen molar-refractivity contribution in [1.29, 1.82) is 0 Å². The first kappa shape index (κ1) is 25.2. The van der Waals surface area contributed by atoms with Crippen LogP contribution in [-0.4, -0.2) is 56.3 Å². The molecular formula is C25H25N5O5S2. The summed E-state index contributed by atoms with van der Waals surface area (Å²) in [6.45, 7) is 1.70. The van der Waals surface area contributed by atoms with Crippen LogP contribution in [0.4, 0.5) is 10.7 Å². The summed E-state index contributed by atoms with van der Waals surface area (Å²) in [7, 11) is -2.08. The molecular weight excluding hydrogens is 514 g/mol. The van der Waals surface area contributed by atoms with Gasteiger partial charge in [0.15, 0.2) is 0 Å². The average Bonchev–Trinajstić information content (AvgIpc) is 3.23. The Kier molecular flexibility index (Phi) is 7.13. The summed E-state index contributed by atoms with van der Waals surface area (Å²) in [6, 6.07) is 12.3. The van der Waals surface area contributed by atoms with Crippen LogP contribution in [0, 0.1) is 5.92 Å². The largest absolute Gasteiger partial charge is 0.497 e. The third-order valence-corrected chi connectivity index (χ3v) is 8.61. The number of nitrogens with zero attached hydrogens (tertiary/aromatic N) is 3. The van der Waals surface area contributed by atoms with E-state index in [1.807, 2.05) is 23.1 Å². The number of amides is 2. The molecule has 2 aliphatic heterocycles. The normalized spacial score (nSPS) is 18.0. The van der Waals surface area contributed by atoms with Gasteiger partial charge in [-0.25, -0.2) is 23.1 Å². The van der Waals surface area contributed by atoms with E-state index in [9.17, 15) is 18.0 Å². The fourth-order valence-electron chi connectivity index (χ4n) is 4.30. The standard InChI is InChI=1S/C25H25N5O5S2/c1-35-20-4-2-17-3-5-21(13-18(17)12-20)37(33,34)27-15-16-7-10-30(11-8-16)24-26-9-6-19(28-24)14-22-23(31)29-25(32)36-22/h2-6,9,12-14,16,27H,7-8,10-11,15H2,1H3,(H,29,31,32)/b22-14-. The highest BCUT2D eigenvalue weighted by molar-refractivity contribution is 8.18. The lowest BCUT2D eigenvalue weighted by Crippen LogP contribution is -2.39. The number of imide groups is 1. The minimum Gasteiger partial charge on any atom is -0.497 e. The quantitative estimate of drug-likeness (QED) is 0.435. The van der Waals surface area contributed by atoms with Crippen molar-refractivity contribution in [1.82, 2.24) is 20.0 Å². The van der Waals surface area contributed by atoms with Gasteiger partial charge >= 0.3 is 0 Å². The number of anilines is 1. The number of ether oxygens (including phenoxy) is 1. The zero-order chi connectivity index (χ0) is 26.0. The molecule has 0 radical (unpaired) electrons. The smallest absolute Gasteiger partial charge is 0.290 e. The third-order valence-electron chi connectivity index (χ3n) is 6.37. The fraction of sp³-hybridized carbons (Fsp3) is 0.280. The number of hydrogen-bond acceptors (Lipinski definition) is 9. The van der Waals surface area contributed by atoms with Gasteiger partial charge in [-0.15, -0.1) is 0 Å². The molecule has 2 N–H and O–H groups in total. The molecule has 2 amide bonds. The van der Waals surface area contributed by atoms with E-state index in [-0.39, 0.29) is 10.8 Å². The first-order valence-electron chi connectivity index (χ1n) is 11.7. The van der Waals surface area contributed by atoms with Gasteiger partial charge in [0.1, 0.15) is 5.75 Å². The number of nitrogens with one attached hydrogen (secondary N) is 2. The minimum atomic E-state index is -3.66. The lowest BCUT2D eigenvalue weighted by molar-refractivity contribution is -0.115. The number of hydrogen-bond donors (Lipinski definition) is 2. The Hall–Kier alpha value is -3.48. The molecule has 3 aromatic rings. The van der Waals surface area contributed by atoms with Crippen LogP contribution in [0.1, 0.15) is 18.5 Å². The lowest BCUT2D eigenvalue weighted by atomic mass is 9.97. The molecule has 2 aromatic carbocycles. The van der Waals surface area contributed by atoms with Gasteiger partial charge in [-0.3, -0.25) is 14.9 Å². The van der Waals surface area contributed by atoms with Crippen molar-refractivity contribution in [3.05, 3.63) is 59.3 Å². The first-order valence-corrected chi connectivity index (χ1v) is 14.0. The van der Waals surface area contributed by atoms with E-state index in [2.05, 4.69) is 20.0 Å². The monoisotopic (exact) mass is 539 g/mol. The number of aromatic nitrogens is 2. The van der Waals surface area contributed by atoms with Gasteiger partial charge in [0.2, 0.25) is 16.0 Å². The van der Waals surface area contributed by atoms with Crippen molar-refractivity contribution in [3.8, 4) is 5.75 Å². The maximum atomic E-state index is 13.0. The van der Waals surface area contributed by atoms with E-state index in [1.165, 1.54) is 0 Å². The number of carbonyl (C=O) groups excluding carboxylic acids is 2. The van der Waals surface area contributed by atoms with Crippen molar-refractivity contribution in [2.45, 2.75) is 17.7 Å². The van der Waals surface area contributed by atoms with E-state index in [0.29, 0.717) is 41.9 Å². The molecule has 192 valence electrons. The van der Waals surface area contributed by atoms with Gasteiger partial charge in [0.25, 0.3) is 11.1 Å². The molecule has 5 rings (SSSR count). The molecule has 0 unspecified atom stereocenters. The zero-order valence-corrected chi connectivity index (χ0v) is 21.6. The molecule has 2 fully saturated rings. The number of benzene rings is 2. The Morgan fingerprint density at radius 2 is 1.92 bits per heavy atom. The maximum absolute atomic E-state index is 13.0. The van der Waals surface area contributed by atoms with Gasteiger partial charge in [-0.1, -0.05) is 12.1 Å². The molecule has 1 aromatic heterocycles. The number of sulfonamides is 1. The summed E-state index contributed by atoms with van der Waals surface area (Å²) in [4.78, 5) is 34.6. The van der Waals surface area contributed by atoms with E-state index in [1.54, 1.807) is 43.6 Å². The SMILES string of the molecule is COc1ccc2ccc(S(=O)(=O)NCC3CCN(c4nccc(/C=C5\SC(=O)NC5=O)n4)CC3)cc2c1. The number of carbonyl (C=O) groups is 2. The number of piperidine rings is 1. The predicted molar refractivity (Wildman–Crippen MR) is 142 cm³/mol. The van der Waals surface area contributed by atoms with Crippen LogP contribution in [0.3, 0.4) is 0 Å². The molecule has 10 nitrogen and oxygen atoms in total. The molecule has 37 heavy (non-hydrogen) atoms. The third kappa shape index (κ3) is 5.76. The second-order valence-electron chi connectivity index (χ2n) is 8.79. The van der Waals surface area contributed by atoms with Crippen LogP contribution in [0.25, 0.3) is 16.8 Å². The van der Waals surface area contributed by atoms with Gasteiger partial charge < -0.3 is 9.64 Å². The fourth-order valence-corrected chi connectivity index (χ4v) is 6.11. The summed E-state index contributed by atoms with van der Waals surface area (Å²) < 4.78 is 33.9. The van der Waals surface area contributed by atoms with Crippen molar-refractivity contribution >= 4 is 55.7 Å². The Morgan fingerprint density at radius 3 is 2.65 bits per heavy atom. The second-order valence-corrected chi connectivity index (χ2v) is 11.6. The Balaban J connectivity index is 1.19. The van der Waals surface area contributed by atoms with Crippen LogP contribution >= 0.6 is 11.8 Å². The lowest BCUT2D eigenvalue weighted by Gasteiger charge is -2.32. The van der Waals surface area contributed by atoms with Gasteiger partial charge in [0.05, 0.1) is 22.6 Å². The highest BCUT2D eigenvalue weighted by Crippen LogP contribution is 2.27. The van der Waals surface area contributed by atoms with E-state index >= 15 is 0 Å². The van der Waals surface area contributed by atoms with Gasteiger partial charge in [-0.2, -0.15) is 0 Å². The van der Waals surface area contributed by atoms with Crippen LogP contribution in [-0.2, 0) is 14.8 Å². The van der Waals surface area contributed by atoms with Crippen molar-refractivity contribution in [3.63, 3.8) is 0 Å². The van der Waals surface area contributed by atoms with Gasteiger partial charge in [-0.05, 0) is 77.7 Å². The van der Waals surface area contributed by atoms with E-state index in [0.717, 1.165) is 35.4 Å². The number of rotatable bonds is 7. The summed E-state index contributed by atoms with van der Waals surface area (Å²) in [5, 5.41) is 3.56. The van der Waals surface area contributed by atoms with Crippen molar-refractivity contribution in [2.24, 2.45) is 5.92 Å². The molecule has 0 spiro atoms. The molecule has 3 heterocycles. The highest BCUT2D eigenvalue weighted by Gasteiger charge is 2.26. The van der Waals surface area contributed by atoms with E-state index < -0.39 is 21.2 Å².